The third-order valence-corrected chi connectivity index (χ3v) is 3.95. The van der Waals surface area contributed by atoms with E-state index in [0.717, 1.165) is 44.9 Å². The highest BCUT2D eigenvalue weighted by Crippen LogP contribution is 2.05. The molecule has 3 nitrogen and oxygen atoms in total. The van der Waals surface area contributed by atoms with Crippen LogP contribution in [0.15, 0.2) is 60.8 Å². The van der Waals surface area contributed by atoms with Crippen molar-refractivity contribution in [2.24, 2.45) is 0 Å². The highest BCUT2D eigenvalue weighted by molar-refractivity contribution is 5.78. The van der Waals surface area contributed by atoms with Crippen molar-refractivity contribution in [3.63, 3.8) is 0 Å². The number of allylic oxidation sites excluding steroid dienone is 10. The topological polar surface area (TPSA) is 57.5 Å². The Morgan fingerprint density at radius 2 is 1.26 bits per heavy atom. The molecule has 2 N–H and O–H groups in total. The van der Waals surface area contributed by atoms with Gasteiger partial charge in [-0.05, 0) is 51.4 Å². The van der Waals surface area contributed by atoms with E-state index in [1.54, 1.807) is 0 Å². The SMILES string of the molecule is CC/C=C\C/C=C\C/C=C\C/C=C\C/C=C\CCCC(=O)CCC(O)CO. The molecule has 152 valence electrons. The summed E-state index contributed by atoms with van der Waals surface area (Å²) in [6.45, 7) is 1.87. The predicted molar refractivity (Wildman–Crippen MR) is 116 cm³/mol. The number of carbonyl (C=O) groups excluding carboxylic acids is 1. The van der Waals surface area contributed by atoms with Gasteiger partial charge in [0.25, 0.3) is 0 Å². The van der Waals surface area contributed by atoms with Crippen molar-refractivity contribution in [2.75, 3.05) is 6.61 Å². The summed E-state index contributed by atoms with van der Waals surface area (Å²) in [5, 5.41) is 17.9. The Kier molecular flexibility index (Phi) is 19.3. The Balaban J connectivity index is 3.53. The second-order valence-electron chi connectivity index (χ2n) is 6.51. The summed E-state index contributed by atoms with van der Waals surface area (Å²) in [5.74, 6) is 0.162. The van der Waals surface area contributed by atoms with E-state index in [2.05, 4.69) is 67.7 Å². The first-order valence-electron chi connectivity index (χ1n) is 10.3. The van der Waals surface area contributed by atoms with Gasteiger partial charge < -0.3 is 10.2 Å². The van der Waals surface area contributed by atoms with E-state index in [1.165, 1.54) is 0 Å². The first-order chi connectivity index (χ1) is 13.2. The van der Waals surface area contributed by atoms with Gasteiger partial charge in [-0.15, -0.1) is 0 Å². The summed E-state index contributed by atoms with van der Waals surface area (Å²) >= 11 is 0. The third-order valence-electron chi connectivity index (χ3n) is 3.95. The van der Waals surface area contributed by atoms with E-state index in [9.17, 15) is 9.90 Å². The van der Waals surface area contributed by atoms with Crippen molar-refractivity contribution < 1.29 is 15.0 Å². The van der Waals surface area contributed by atoms with E-state index in [1.807, 2.05) is 0 Å². The molecule has 0 aliphatic heterocycles. The second-order valence-corrected chi connectivity index (χ2v) is 6.51. The smallest absolute Gasteiger partial charge is 0.133 e. The van der Waals surface area contributed by atoms with Gasteiger partial charge in [-0.3, -0.25) is 4.79 Å². The first-order valence-corrected chi connectivity index (χ1v) is 10.3. The maximum Gasteiger partial charge on any atom is 0.133 e. The van der Waals surface area contributed by atoms with Crippen LogP contribution in [0.3, 0.4) is 0 Å². The van der Waals surface area contributed by atoms with Crippen molar-refractivity contribution >= 4 is 5.78 Å². The molecule has 0 spiro atoms. The Morgan fingerprint density at radius 1 is 0.778 bits per heavy atom. The van der Waals surface area contributed by atoms with Crippen LogP contribution in [-0.4, -0.2) is 28.7 Å². The largest absolute Gasteiger partial charge is 0.394 e. The minimum Gasteiger partial charge on any atom is -0.394 e. The van der Waals surface area contributed by atoms with Gasteiger partial charge in [-0.25, -0.2) is 0 Å². The predicted octanol–water partition coefficient (Wildman–Crippen LogP) is 5.61. The Hall–Kier alpha value is -1.71. The third kappa shape index (κ3) is 20.5. The van der Waals surface area contributed by atoms with E-state index < -0.39 is 6.10 Å². The highest BCUT2D eigenvalue weighted by atomic mass is 16.3. The molecule has 0 aliphatic carbocycles. The lowest BCUT2D eigenvalue weighted by Crippen LogP contribution is -2.13. The molecule has 0 aliphatic rings. The quantitative estimate of drug-likeness (QED) is 0.257. The van der Waals surface area contributed by atoms with Crippen LogP contribution in [0, 0.1) is 0 Å². The summed E-state index contributed by atoms with van der Waals surface area (Å²) in [5.41, 5.74) is 0. The molecule has 0 saturated carbocycles. The van der Waals surface area contributed by atoms with Crippen LogP contribution in [0.25, 0.3) is 0 Å². The Bertz CT molecular complexity index is 484. The summed E-state index contributed by atoms with van der Waals surface area (Å²) in [6, 6.07) is 0. The molecule has 1 unspecified atom stereocenters. The lowest BCUT2D eigenvalue weighted by Gasteiger charge is -2.05. The molecule has 0 aromatic rings. The van der Waals surface area contributed by atoms with Crippen LogP contribution in [0.1, 0.15) is 71.1 Å². The first kappa shape index (κ1) is 25.3. The van der Waals surface area contributed by atoms with E-state index >= 15 is 0 Å². The number of hydrogen-bond donors (Lipinski definition) is 2. The van der Waals surface area contributed by atoms with Crippen molar-refractivity contribution in [2.45, 2.75) is 77.2 Å². The molecule has 0 radical (unpaired) electrons. The molecule has 0 aromatic carbocycles. The fraction of sp³-hybridized carbons (Fsp3) is 0.542. The maximum absolute atomic E-state index is 11.6. The average Bonchev–Trinajstić information content (AvgIpc) is 2.68. The minimum atomic E-state index is -0.764. The van der Waals surface area contributed by atoms with Crippen molar-refractivity contribution in [3.05, 3.63) is 60.8 Å². The fourth-order valence-electron chi connectivity index (χ4n) is 2.33. The lowest BCUT2D eigenvalue weighted by molar-refractivity contribution is -0.119. The van der Waals surface area contributed by atoms with Crippen molar-refractivity contribution in [3.8, 4) is 0 Å². The van der Waals surface area contributed by atoms with Gasteiger partial charge in [0.05, 0.1) is 12.7 Å². The number of Topliss-reactive ketones (excluding diaryl/α,β-unsaturated/α-hetero) is 1. The monoisotopic (exact) mass is 374 g/mol. The van der Waals surface area contributed by atoms with Crippen molar-refractivity contribution in [1.82, 2.24) is 0 Å². The van der Waals surface area contributed by atoms with Gasteiger partial charge in [-0.1, -0.05) is 67.7 Å². The Labute approximate surface area is 165 Å². The average molecular weight is 375 g/mol. The number of unbranched alkanes of at least 4 members (excludes halogenated alkanes) is 1. The van der Waals surface area contributed by atoms with E-state index in [4.69, 9.17) is 5.11 Å². The molecule has 0 bridgehead atoms. The summed E-state index contributed by atoms with van der Waals surface area (Å²) in [4.78, 5) is 11.6. The number of hydrogen-bond acceptors (Lipinski definition) is 3. The van der Waals surface area contributed by atoms with Crippen molar-refractivity contribution in [1.29, 1.82) is 0 Å². The van der Waals surface area contributed by atoms with Crippen LogP contribution in [-0.2, 0) is 4.79 Å². The normalized spacial score (nSPS) is 13.9. The molecule has 3 heteroatoms. The molecule has 0 fully saturated rings. The van der Waals surface area contributed by atoms with Gasteiger partial charge in [0, 0.05) is 12.8 Å². The highest BCUT2D eigenvalue weighted by Gasteiger charge is 2.06. The molecule has 0 heterocycles. The van der Waals surface area contributed by atoms with Crippen LogP contribution in [0.5, 0.6) is 0 Å². The molecule has 0 amide bonds. The minimum absolute atomic E-state index is 0.162. The molecule has 27 heavy (non-hydrogen) atoms. The van der Waals surface area contributed by atoms with E-state index in [0.29, 0.717) is 19.3 Å². The van der Waals surface area contributed by atoms with Gasteiger partial charge >= 0.3 is 0 Å². The molecular formula is C24H38O3. The van der Waals surface area contributed by atoms with Crippen LogP contribution < -0.4 is 0 Å². The summed E-state index contributed by atoms with van der Waals surface area (Å²) < 4.78 is 0. The van der Waals surface area contributed by atoms with Gasteiger partial charge in [0.15, 0.2) is 0 Å². The lowest BCUT2D eigenvalue weighted by atomic mass is 10.1. The summed E-state index contributed by atoms with van der Waals surface area (Å²) in [6.07, 6.45) is 29.0. The zero-order valence-electron chi connectivity index (χ0n) is 16.9. The standard InChI is InChI=1S/C24H38O3/c1-2-3-4-5-6-7-8-9-10-11-12-13-14-15-16-17-18-19-23(26)20-21-24(27)22-25/h3-4,6-7,9-10,12-13,15-16,24-25,27H,2,5,8,11,14,17-22H2,1H3/b4-3-,7-6-,10-9-,13-12-,16-15-. The second kappa shape index (κ2) is 20.6. The zero-order valence-corrected chi connectivity index (χ0v) is 16.9. The Morgan fingerprint density at radius 3 is 1.74 bits per heavy atom. The van der Waals surface area contributed by atoms with Gasteiger partial charge in [-0.2, -0.15) is 0 Å². The zero-order chi connectivity index (χ0) is 20.0. The fourth-order valence-corrected chi connectivity index (χ4v) is 2.33. The van der Waals surface area contributed by atoms with Gasteiger partial charge in [0.1, 0.15) is 5.78 Å². The summed E-state index contributed by atoms with van der Waals surface area (Å²) in [7, 11) is 0. The molecule has 0 saturated heterocycles. The molecule has 0 rings (SSSR count). The maximum atomic E-state index is 11.6. The van der Waals surface area contributed by atoms with E-state index in [-0.39, 0.29) is 12.4 Å². The number of aliphatic hydroxyl groups excluding tert-OH is 2. The number of ketones is 1. The number of rotatable bonds is 17. The van der Waals surface area contributed by atoms with Gasteiger partial charge in [0.2, 0.25) is 0 Å². The van der Waals surface area contributed by atoms with Crippen LogP contribution in [0.2, 0.25) is 0 Å². The molecule has 1 atom stereocenters. The van der Waals surface area contributed by atoms with Crippen LogP contribution in [0.4, 0.5) is 0 Å². The van der Waals surface area contributed by atoms with Crippen LogP contribution >= 0.6 is 0 Å². The molecule has 0 aromatic heterocycles. The number of carbonyl (C=O) groups is 1. The molecular weight excluding hydrogens is 336 g/mol. The number of aliphatic hydroxyl groups is 2.